The fourth-order valence-electron chi connectivity index (χ4n) is 7.04. The normalized spacial score (nSPS) is 24.3. The van der Waals surface area contributed by atoms with Crippen molar-refractivity contribution in [1.82, 2.24) is 0 Å². The molecule has 0 saturated heterocycles. The summed E-state index contributed by atoms with van der Waals surface area (Å²) in [5.41, 5.74) is 3.03. The van der Waals surface area contributed by atoms with Gasteiger partial charge in [0.15, 0.2) is 11.6 Å². The van der Waals surface area contributed by atoms with Crippen molar-refractivity contribution in [3.8, 4) is 11.1 Å². The maximum Gasteiger partial charge on any atom is 0.159 e. The highest BCUT2D eigenvalue weighted by Crippen LogP contribution is 2.38. The third-order valence-corrected chi connectivity index (χ3v) is 9.68. The van der Waals surface area contributed by atoms with Crippen LogP contribution in [0.15, 0.2) is 42.5 Å². The van der Waals surface area contributed by atoms with Crippen molar-refractivity contribution in [2.45, 2.75) is 122 Å². The summed E-state index contributed by atoms with van der Waals surface area (Å²) >= 11 is 0. The summed E-state index contributed by atoms with van der Waals surface area (Å²) in [5.74, 6) is 2.32. The molecule has 2 aromatic carbocycles. The average molecular weight is 509 g/mol. The molecule has 0 spiro atoms. The Kier molecular flexibility index (Phi) is 11.5. The Labute approximate surface area is 225 Å². The number of halogens is 2. The van der Waals surface area contributed by atoms with E-state index in [0.717, 1.165) is 41.2 Å². The fourth-order valence-corrected chi connectivity index (χ4v) is 7.04. The zero-order chi connectivity index (χ0) is 25.9. The summed E-state index contributed by atoms with van der Waals surface area (Å²) in [5, 5.41) is 0. The van der Waals surface area contributed by atoms with Crippen molar-refractivity contribution < 1.29 is 8.78 Å². The predicted molar refractivity (Wildman–Crippen MR) is 154 cm³/mol. The highest BCUT2D eigenvalue weighted by Gasteiger charge is 2.24. The number of benzene rings is 2. The summed E-state index contributed by atoms with van der Waals surface area (Å²) in [6.07, 6.45) is 25.7. The lowest BCUT2D eigenvalue weighted by Crippen LogP contribution is -2.18. The molecule has 0 N–H and O–H groups in total. The molecule has 0 atom stereocenters. The van der Waals surface area contributed by atoms with E-state index in [9.17, 15) is 8.78 Å². The summed E-state index contributed by atoms with van der Waals surface area (Å²) < 4.78 is 26.8. The minimum absolute atomic E-state index is 0.731. The molecule has 0 bridgehead atoms. The second-order valence-electron chi connectivity index (χ2n) is 12.4. The van der Waals surface area contributed by atoms with Crippen LogP contribution in [0.4, 0.5) is 8.78 Å². The maximum atomic E-state index is 13.5. The Bertz CT molecular complexity index is 901. The van der Waals surface area contributed by atoms with Crippen LogP contribution >= 0.6 is 0 Å². The molecule has 2 aliphatic rings. The van der Waals surface area contributed by atoms with Gasteiger partial charge in [0.05, 0.1) is 0 Å². The molecule has 2 heteroatoms. The van der Waals surface area contributed by atoms with Crippen molar-refractivity contribution in [1.29, 1.82) is 0 Å². The molecule has 4 rings (SSSR count). The summed E-state index contributed by atoms with van der Waals surface area (Å²) in [7, 11) is 0. The first-order valence-corrected chi connectivity index (χ1v) is 15.6. The van der Waals surface area contributed by atoms with Gasteiger partial charge in [-0.15, -0.1) is 0 Å². The van der Waals surface area contributed by atoms with Crippen molar-refractivity contribution in [3.05, 3.63) is 59.7 Å². The molecule has 0 radical (unpaired) electrons. The van der Waals surface area contributed by atoms with Gasteiger partial charge in [-0.25, -0.2) is 8.78 Å². The molecular weight excluding hydrogens is 458 g/mol. The van der Waals surface area contributed by atoms with Crippen LogP contribution in [0, 0.1) is 35.3 Å². The van der Waals surface area contributed by atoms with Gasteiger partial charge in [-0.1, -0.05) is 140 Å². The second kappa shape index (κ2) is 15.0. The van der Waals surface area contributed by atoms with Gasteiger partial charge in [0, 0.05) is 0 Å². The van der Waals surface area contributed by atoms with E-state index in [-0.39, 0.29) is 0 Å². The molecule has 0 heterocycles. The van der Waals surface area contributed by atoms with Crippen LogP contribution < -0.4 is 0 Å². The molecule has 0 nitrogen and oxygen atoms in total. The number of aryl methyl sites for hydroxylation is 1. The van der Waals surface area contributed by atoms with Gasteiger partial charge in [-0.05, 0) is 65.3 Å². The molecule has 0 unspecified atom stereocenters. The van der Waals surface area contributed by atoms with E-state index in [4.69, 9.17) is 0 Å². The largest absolute Gasteiger partial charge is 0.204 e. The highest BCUT2D eigenvalue weighted by molar-refractivity contribution is 5.63. The monoisotopic (exact) mass is 508 g/mol. The maximum absolute atomic E-state index is 13.5. The van der Waals surface area contributed by atoms with Gasteiger partial charge in [0.2, 0.25) is 0 Å². The smallest absolute Gasteiger partial charge is 0.159 e. The SMILES string of the molecule is CCCCCCCC1CCC(CCC2CCC(CCc3ccc(-c4ccc(F)c(F)c4)cc3)CC2)CC1. The minimum atomic E-state index is -0.791. The topological polar surface area (TPSA) is 0 Å². The molecule has 2 aliphatic carbocycles. The number of unbranched alkanes of at least 4 members (excludes halogenated alkanes) is 4. The van der Waals surface area contributed by atoms with E-state index in [2.05, 4.69) is 19.1 Å². The third kappa shape index (κ3) is 9.22. The van der Waals surface area contributed by atoms with Crippen molar-refractivity contribution >= 4 is 0 Å². The quantitative estimate of drug-likeness (QED) is 0.236. The van der Waals surface area contributed by atoms with E-state index >= 15 is 0 Å². The Morgan fingerprint density at radius 2 is 1.05 bits per heavy atom. The standard InChI is InChI=1S/C35H50F2/c1-2-3-4-5-6-7-27-8-10-28(11-9-27)12-13-29-14-16-30(17-15-29)18-19-31-20-22-32(23-21-31)33-24-25-34(36)35(37)26-33/h20-30H,2-19H2,1H3. The summed E-state index contributed by atoms with van der Waals surface area (Å²) in [6, 6.07) is 12.5. The molecular formula is C35H50F2. The summed E-state index contributed by atoms with van der Waals surface area (Å²) in [4.78, 5) is 0. The number of hydrogen-bond acceptors (Lipinski definition) is 0. The average Bonchev–Trinajstić information content (AvgIpc) is 2.94. The molecule has 2 saturated carbocycles. The van der Waals surface area contributed by atoms with Crippen LogP contribution in [0.5, 0.6) is 0 Å². The predicted octanol–water partition coefficient (Wildman–Crippen LogP) is 11.3. The van der Waals surface area contributed by atoms with E-state index in [0.29, 0.717) is 0 Å². The Hall–Kier alpha value is -1.70. The molecule has 2 fully saturated rings. The first kappa shape index (κ1) is 28.3. The van der Waals surface area contributed by atoms with Crippen LogP contribution in [0.2, 0.25) is 0 Å². The zero-order valence-corrected chi connectivity index (χ0v) is 23.3. The molecule has 2 aromatic rings. The van der Waals surface area contributed by atoms with Gasteiger partial charge < -0.3 is 0 Å². The van der Waals surface area contributed by atoms with Crippen molar-refractivity contribution in [2.75, 3.05) is 0 Å². The third-order valence-electron chi connectivity index (χ3n) is 9.68. The Morgan fingerprint density at radius 1 is 0.541 bits per heavy atom. The molecule has 0 amide bonds. The van der Waals surface area contributed by atoms with E-state index < -0.39 is 11.6 Å². The lowest BCUT2D eigenvalue weighted by atomic mass is 9.74. The lowest BCUT2D eigenvalue weighted by molar-refractivity contribution is 0.208. The van der Waals surface area contributed by atoms with Gasteiger partial charge >= 0.3 is 0 Å². The van der Waals surface area contributed by atoms with E-state index in [1.54, 1.807) is 6.07 Å². The van der Waals surface area contributed by atoms with Crippen LogP contribution in [-0.4, -0.2) is 0 Å². The molecule has 0 aliphatic heterocycles. The first-order chi connectivity index (χ1) is 18.1. The van der Waals surface area contributed by atoms with Crippen LogP contribution in [0.25, 0.3) is 11.1 Å². The van der Waals surface area contributed by atoms with Gasteiger partial charge in [0.25, 0.3) is 0 Å². The Morgan fingerprint density at radius 3 is 1.62 bits per heavy atom. The highest BCUT2D eigenvalue weighted by atomic mass is 19.2. The zero-order valence-electron chi connectivity index (χ0n) is 23.3. The lowest BCUT2D eigenvalue weighted by Gasteiger charge is -2.32. The van der Waals surface area contributed by atoms with Gasteiger partial charge in [0.1, 0.15) is 0 Å². The van der Waals surface area contributed by atoms with E-state index in [1.165, 1.54) is 127 Å². The molecule has 204 valence electrons. The van der Waals surface area contributed by atoms with Gasteiger partial charge in [-0.2, -0.15) is 0 Å². The van der Waals surface area contributed by atoms with Crippen LogP contribution in [-0.2, 0) is 6.42 Å². The fraction of sp³-hybridized carbons (Fsp3) is 0.657. The van der Waals surface area contributed by atoms with Crippen LogP contribution in [0.1, 0.15) is 122 Å². The van der Waals surface area contributed by atoms with E-state index in [1.807, 2.05) is 12.1 Å². The first-order valence-electron chi connectivity index (χ1n) is 15.6. The van der Waals surface area contributed by atoms with Crippen molar-refractivity contribution in [3.63, 3.8) is 0 Å². The van der Waals surface area contributed by atoms with Gasteiger partial charge in [-0.3, -0.25) is 0 Å². The Balaban J connectivity index is 1.07. The number of hydrogen-bond donors (Lipinski definition) is 0. The second-order valence-corrected chi connectivity index (χ2v) is 12.4. The van der Waals surface area contributed by atoms with Crippen LogP contribution in [0.3, 0.4) is 0 Å². The molecule has 37 heavy (non-hydrogen) atoms. The van der Waals surface area contributed by atoms with Crippen molar-refractivity contribution in [2.24, 2.45) is 23.7 Å². The summed E-state index contributed by atoms with van der Waals surface area (Å²) in [6.45, 7) is 2.30. The minimum Gasteiger partial charge on any atom is -0.204 e. The molecule has 0 aromatic heterocycles. The number of rotatable bonds is 13.